The monoisotopic (exact) mass is 316 g/mol. The Bertz CT molecular complexity index is 313. The van der Waals surface area contributed by atoms with Gasteiger partial charge in [0.25, 0.3) is 0 Å². The van der Waals surface area contributed by atoms with Crippen LogP contribution in [0, 0.1) is 5.92 Å². The number of nitrogens with one attached hydrogen (secondary N) is 2. The molecule has 1 amide bonds. The normalized spacial score (nSPS) is 21.5. The van der Waals surface area contributed by atoms with E-state index in [4.69, 9.17) is 0 Å². The zero-order valence-corrected chi connectivity index (χ0v) is 13.7. The zero-order valence-electron chi connectivity index (χ0n) is 12.9. The molecule has 0 aromatic rings. The van der Waals surface area contributed by atoms with Crippen LogP contribution in [0.25, 0.3) is 0 Å². The van der Waals surface area contributed by atoms with Crippen LogP contribution in [0.4, 0.5) is 0 Å². The van der Waals surface area contributed by atoms with Crippen LogP contribution in [0.1, 0.15) is 12.8 Å². The summed E-state index contributed by atoms with van der Waals surface area (Å²) in [6, 6.07) is 0. The van der Waals surface area contributed by atoms with Crippen molar-refractivity contribution in [2.45, 2.75) is 12.8 Å². The number of carbonyl (C=O) groups is 1. The van der Waals surface area contributed by atoms with Crippen molar-refractivity contribution in [1.29, 1.82) is 0 Å². The maximum Gasteiger partial charge on any atom is 0.234 e. The molecular weight excluding hydrogens is 288 g/mol. The summed E-state index contributed by atoms with van der Waals surface area (Å²) in [5.74, 6) is 0.968. The van der Waals surface area contributed by atoms with Crippen molar-refractivity contribution in [2.75, 3.05) is 58.9 Å². The quantitative estimate of drug-likeness (QED) is 0.693. The molecule has 122 valence electrons. The van der Waals surface area contributed by atoms with Gasteiger partial charge in [-0.15, -0.1) is 19.0 Å². The summed E-state index contributed by atoms with van der Waals surface area (Å²) < 4.78 is 0. The van der Waals surface area contributed by atoms with Crippen molar-refractivity contribution in [3.63, 3.8) is 0 Å². The zero-order chi connectivity index (χ0) is 14.2. The van der Waals surface area contributed by atoms with Crippen LogP contribution in [0.15, 0.2) is 12.7 Å². The Labute approximate surface area is 134 Å². The van der Waals surface area contributed by atoms with Gasteiger partial charge >= 0.3 is 0 Å². The molecule has 0 aromatic carbocycles. The highest BCUT2D eigenvalue weighted by molar-refractivity contribution is 5.85. The van der Waals surface area contributed by atoms with E-state index in [0.717, 1.165) is 32.1 Å². The maximum atomic E-state index is 11.6. The van der Waals surface area contributed by atoms with Crippen molar-refractivity contribution < 1.29 is 4.79 Å². The second-order valence-electron chi connectivity index (χ2n) is 5.86. The van der Waals surface area contributed by atoms with E-state index in [9.17, 15) is 4.79 Å². The summed E-state index contributed by atoms with van der Waals surface area (Å²) in [4.78, 5) is 16.5. The summed E-state index contributed by atoms with van der Waals surface area (Å²) in [7, 11) is 0. The highest BCUT2D eigenvalue weighted by Gasteiger charge is 2.22. The molecule has 0 atom stereocenters. The summed E-state index contributed by atoms with van der Waals surface area (Å²) >= 11 is 0. The van der Waals surface area contributed by atoms with E-state index in [1.807, 2.05) is 0 Å². The Kier molecular flexibility index (Phi) is 8.92. The smallest absolute Gasteiger partial charge is 0.234 e. The van der Waals surface area contributed by atoms with Crippen molar-refractivity contribution in [2.24, 2.45) is 5.92 Å². The van der Waals surface area contributed by atoms with E-state index in [1.54, 1.807) is 6.08 Å². The molecule has 0 radical (unpaired) electrons. The average Bonchev–Trinajstić information content (AvgIpc) is 2.48. The predicted octanol–water partition coefficient (Wildman–Crippen LogP) is 0.328. The maximum absolute atomic E-state index is 11.6. The molecule has 0 spiro atoms. The van der Waals surface area contributed by atoms with Gasteiger partial charge in [0.05, 0.1) is 6.54 Å². The number of amides is 1. The molecule has 2 fully saturated rings. The molecule has 2 heterocycles. The van der Waals surface area contributed by atoms with E-state index in [2.05, 4.69) is 27.0 Å². The van der Waals surface area contributed by atoms with E-state index in [-0.39, 0.29) is 18.3 Å². The van der Waals surface area contributed by atoms with Crippen molar-refractivity contribution in [3.05, 3.63) is 12.7 Å². The lowest BCUT2D eigenvalue weighted by molar-refractivity contribution is -0.122. The van der Waals surface area contributed by atoms with Gasteiger partial charge in [0.2, 0.25) is 5.91 Å². The fourth-order valence-electron chi connectivity index (χ4n) is 3.00. The first kappa shape index (κ1) is 18.4. The van der Waals surface area contributed by atoms with Crippen LogP contribution < -0.4 is 10.6 Å². The third-order valence-corrected chi connectivity index (χ3v) is 4.25. The Morgan fingerprint density at radius 3 is 2.43 bits per heavy atom. The molecule has 0 bridgehead atoms. The van der Waals surface area contributed by atoms with Gasteiger partial charge in [0.1, 0.15) is 0 Å². The lowest BCUT2D eigenvalue weighted by atomic mass is 9.97. The first-order chi connectivity index (χ1) is 9.78. The number of nitrogens with zero attached hydrogens (tertiary/aromatic N) is 2. The van der Waals surface area contributed by atoms with Gasteiger partial charge in [0, 0.05) is 39.3 Å². The van der Waals surface area contributed by atoms with E-state index in [1.165, 1.54) is 32.5 Å². The first-order valence-electron chi connectivity index (χ1n) is 7.81. The molecular formula is C15H29ClN4O. The Morgan fingerprint density at radius 1 is 1.19 bits per heavy atom. The van der Waals surface area contributed by atoms with Gasteiger partial charge in [-0.25, -0.2) is 0 Å². The van der Waals surface area contributed by atoms with Crippen molar-refractivity contribution in [1.82, 2.24) is 20.4 Å². The highest BCUT2D eigenvalue weighted by Crippen LogP contribution is 2.14. The SMILES string of the molecule is C=CCNC(=O)CN1CCN(CC2CCNCC2)CC1.Cl. The van der Waals surface area contributed by atoms with Gasteiger partial charge in [-0.1, -0.05) is 6.08 Å². The van der Waals surface area contributed by atoms with Gasteiger partial charge in [-0.2, -0.15) is 0 Å². The molecule has 0 aliphatic carbocycles. The first-order valence-corrected chi connectivity index (χ1v) is 7.81. The third kappa shape index (κ3) is 6.78. The van der Waals surface area contributed by atoms with E-state index < -0.39 is 0 Å². The van der Waals surface area contributed by atoms with Gasteiger partial charge in [-0.05, 0) is 31.8 Å². The number of halogens is 1. The second kappa shape index (κ2) is 10.2. The fraction of sp³-hybridized carbons (Fsp3) is 0.800. The standard InChI is InChI=1S/C15H28N4O.ClH/c1-2-5-17-15(20)13-19-10-8-18(9-11-19)12-14-3-6-16-7-4-14;/h2,14,16H,1,3-13H2,(H,17,20);1H. The minimum absolute atomic E-state index is 0. The highest BCUT2D eigenvalue weighted by atomic mass is 35.5. The summed E-state index contributed by atoms with van der Waals surface area (Å²) in [5, 5.41) is 6.26. The molecule has 0 aromatic heterocycles. The molecule has 2 aliphatic heterocycles. The van der Waals surface area contributed by atoms with E-state index in [0.29, 0.717) is 13.1 Å². The number of piperidine rings is 1. The van der Waals surface area contributed by atoms with E-state index >= 15 is 0 Å². The molecule has 21 heavy (non-hydrogen) atoms. The molecule has 2 rings (SSSR count). The number of carbonyl (C=O) groups excluding carboxylic acids is 1. The fourth-order valence-corrected chi connectivity index (χ4v) is 3.00. The topological polar surface area (TPSA) is 47.6 Å². The molecule has 0 unspecified atom stereocenters. The second-order valence-corrected chi connectivity index (χ2v) is 5.86. The summed E-state index contributed by atoms with van der Waals surface area (Å²) in [6.07, 6.45) is 4.34. The lowest BCUT2D eigenvalue weighted by Crippen LogP contribution is -2.50. The van der Waals surface area contributed by atoms with Crippen LogP contribution in [0.3, 0.4) is 0 Å². The Morgan fingerprint density at radius 2 is 1.81 bits per heavy atom. The molecule has 6 heteroatoms. The molecule has 2 saturated heterocycles. The minimum Gasteiger partial charge on any atom is -0.352 e. The lowest BCUT2D eigenvalue weighted by Gasteiger charge is -2.37. The van der Waals surface area contributed by atoms with Crippen LogP contribution >= 0.6 is 12.4 Å². The molecule has 0 saturated carbocycles. The van der Waals surface area contributed by atoms with Gasteiger partial charge < -0.3 is 15.5 Å². The van der Waals surface area contributed by atoms with Crippen LogP contribution in [-0.4, -0.2) is 74.6 Å². The Hall–Kier alpha value is -0.620. The van der Waals surface area contributed by atoms with Crippen molar-refractivity contribution >= 4 is 18.3 Å². The average molecular weight is 317 g/mol. The summed E-state index contributed by atoms with van der Waals surface area (Å²) in [6.45, 7) is 12.5. The Balaban J connectivity index is 0.00000220. The van der Waals surface area contributed by atoms with Crippen LogP contribution in [-0.2, 0) is 4.79 Å². The van der Waals surface area contributed by atoms with Gasteiger partial charge in [0.15, 0.2) is 0 Å². The third-order valence-electron chi connectivity index (χ3n) is 4.25. The largest absolute Gasteiger partial charge is 0.352 e. The number of piperazine rings is 1. The molecule has 5 nitrogen and oxygen atoms in total. The van der Waals surface area contributed by atoms with Gasteiger partial charge in [-0.3, -0.25) is 9.69 Å². The number of hydrogen-bond acceptors (Lipinski definition) is 4. The molecule has 2 aliphatic rings. The molecule has 2 N–H and O–H groups in total. The predicted molar refractivity (Wildman–Crippen MR) is 88.9 cm³/mol. The summed E-state index contributed by atoms with van der Waals surface area (Å²) in [5.41, 5.74) is 0. The van der Waals surface area contributed by atoms with Crippen LogP contribution in [0.5, 0.6) is 0 Å². The number of rotatable bonds is 6. The van der Waals surface area contributed by atoms with Crippen molar-refractivity contribution in [3.8, 4) is 0 Å². The number of hydrogen-bond donors (Lipinski definition) is 2. The minimum atomic E-state index is 0. The van der Waals surface area contributed by atoms with Crippen LogP contribution in [0.2, 0.25) is 0 Å².